The Morgan fingerprint density at radius 3 is 2.27 bits per heavy atom. The number of carbonyl (C=O) groups excluding carboxylic acids is 2. The van der Waals surface area contributed by atoms with E-state index in [1.807, 2.05) is 6.92 Å². The summed E-state index contributed by atoms with van der Waals surface area (Å²) in [7, 11) is 1.34. The molecule has 0 aromatic rings. The Labute approximate surface area is 66.7 Å². The Balaban J connectivity index is 3.94. The highest BCUT2D eigenvalue weighted by Crippen LogP contribution is 2.09. The molecular weight excluding hydrogens is 144 g/mol. The fourth-order valence-electron chi connectivity index (χ4n) is 0.908. The number of carbonyl (C=O) groups is 2. The van der Waals surface area contributed by atoms with E-state index in [4.69, 9.17) is 0 Å². The maximum Gasteiger partial charge on any atom is 0.309 e. The Bertz CT molecular complexity index is 151. The first-order valence-corrected chi connectivity index (χ1v) is 3.69. The van der Waals surface area contributed by atoms with E-state index >= 15 is 0 Å². The van der Waals surface area contributed by atoms with Crippen LogP contribution in [0, 0.1) is 5.92 Å². The number of hydrogen-bond donors (Lipinski definition) is 0. The molecule has 0 saturated heterocycles. The van der Waals surface area contributed by atoms with Crippen molar-refractivity contribution in [3.8, 4) is 0 Å². The third-order valence-corrected chi connectivity index (χ3v) is 1.56. The van der Waals surface area contributed by atoms with E-state index in [1.165, 1.54) is 14.0 Å². The predicted octanol–water partition coefficient (Wildman–Crippen LogP) is 1.16. The number of methoxy groups -OCH3 is 1. The molecule has 0 spiro atoms. The number of rotatable bonds is 4. The maximum atomic E-state index is 10.9. The van der Waals surface area contributed by atoms with Crippen molar-refractivity contribution in [2.24, 2.45) is 5.92 Å². The van der Waals surface area contributed by atoms with Crippen LogP contribution in [0.1, 0.15) is 26.7 Å². The molecule has 0 aliphatic heterocycles. The highest BCUT2D eigenvalue weighted by Gasteiger charge is 2.18. The molecule has 0 aliphatic carbocycles. The van der Waals surface area contributed by atoms with Crippen LogP contribution in [-0.2, 0) is 14.3 Å². The lowest BCUT2D eigenvalue weighted by atomic mass is 10.0. The second-order valence-corrected chi connectivity index (χ2v) is 2.53. The molecule has 0 aliphatic rings. The van der Waals surface area contributed by atoms with Crippen molar-refractivity contribution in [3.05, 3.63) is 0 Å². The van der Waals surface area contributed by atoms with Gasteiger partial charge in [0, 0.05) is 6.42 Å². The van der Waals surface area contributed by atoms with Gasteiger partial charge in [-0.1, -0.05) is 6.92 Å². The van der Waals surface area contributed by atoms with E-state index in [1.54, 1.807) is 0 Å². The van der Waals surface area contributed by atoms with Gasteiger partial charge < -0.3 is 9.53 Å². The molecule has 0 rings (SSSR count). The molecule has 0 unspecified atom stereocenters. The van der Waals surface area contributed by atoms with E-state index in [2.05, 4.69) is 4.74 Å². The quantitative estimate of drug-likeness (QED) is 0.577. The zero-order chi connectivity index (χ0) is 8.85. The molecule has 64 valence electrons. The molecular formula is C8H14O3. The highest BCUT2D eigenvalue weighted by atomic mass is 16.5. The monoisotopic (exact) mass is 158 g/mol. The van der Waals surface area contributed by atoms with E-state index in [-0.39, 0.29) is 17.7 Å². The van der Waals surface area contributed by atoms with Gasteiger partial charge in [0.05, 0.1) is 13.0 Å². The van der Waals surface area contributed by atoms with Crippen LogP contribution in [0.2, 0.25) is 0 Å². The van der Waals surface area contributed by atoms with Crippen molar-refractivity contribution in [1.82, 2.24) is 0 Å². The van der Waals surface area contributed by atoms with Crippen LogP contribution in [-0.4, -0.2) is 18.9 Å². The minimum Gasteiger partial charge on any atom is -0.469 e. The van der Waals surface area contributed by atoms with E-state index in [0.29, 0.717) is 12.8 Å². The second kappa shape index (κ2) is 4.88. The first kappa shape index (κ1) is 10.1. The molecule has 0 radical (unpaired) electrons. The van der Waals surface area contributed by atoms with Gasteiger partial charge in [-0.3, -0.25) is 4.79 Å². The molecule has 0 heterocycles. The summed E-state index contributed by atoms with van der Waals surface area (Å²) < 4.78 is 4.51. The predicted molar refractivity (Wildman–Crippen MR) is 41.1 cm³/mol. The van der Waals surface area contributed by atoms with Gasteiger partial charge in [0.1, 0.15) is 5.78 Å². The van der Waals surface area contributed by atoms with Crippen LogP contribution in [0.5, 0.6) is 0 Å². The largest absolute Gasteiger partial charge is 0.469 e. The van der Waals surface area contributed by atoms with Crippen molar-refractivity contribution < 1.29 is 14.3 Å². The first-order valence-electron chi connectivity index (χ1n) is 3.69. The molecule has 0 N–H and O–H groups in total. The average Bonchev–Trinajstić information content (AvgIpc) is 1.98. The Morgan fingerprint density at radius 2 is 2.00 bits per heavy atom. The number of ether oxygens (including phenoxy) is 1. The SMILES string of the molecule is CC[C@@H](CC(C)=O)C(=O)OC. The fourth-order valence-corrected chi connectivity index (χ4v) is 0.908. The Hall–Kier alpha value is -0.860. The summed E-state index contributed by atoms with van der Waals surface area (Å²) in [6, 6.07) is 0. The summed E-state index contributed by atoms with van der Waals surface area (Å²) in [4.78, 5) is 21.5. The number of Topliss-reactive ketones (excluding diaryl/α,β-unsaturated/α-hetero) is 1. The van der Waals surface area contributed by atoms with Crippen molar-refractivity contribution in [2.45, 2.75) is 26.7 Å². The van der Waals surface area contributed by atoms with E-state index in [9.17, 15) is 9.59 Å². The van der Waals surface area contributed by atoms with Crippen LogP contribution in [0.4, 0.5) is 0 Å². The summed E-state index contributed by atoms with van der Waals surface area (Å²) in [6.45, 7) is 3.34. The Kier molecular flexibility index (Phi) is 4.50. The lowest BCUT2D eigenvalue weighted by Gasteiger charge is -2.08. The highest BCUT2D eigenvalue weighted by molar-refractivity contribution is 5.82. The number of ketones is 1. The summed E-state index contributed by atoms with van der Waals surface area (Å²) in [5.41, 5.74) is 0. The van der Waals surface area contributed by atoms with E-state index in [0.717, 1.165) is 0 Å². The summed E-state index contributed by atoms with van der Waals surface area (Å²) in [5, 5.41) is 0. The third kappa shape index (κ3) is 3.75. The first-order chi connectivity index (χ1) is 5.11. The van der Waals surface area contributed by atoms with Crippen LogP contribution in [0.15, 0.2) is 0 Å². The topological polar surface area (TPSA) is 43.4 Å². The molecule has 0 aromatic heterocycles. The van der Waals surface area contributed by atoms with Crippen LogP contribution >= 0.6 is 0 Å². The van der Waals surface area contributed by atoms with Gasteiger partial charge in [-0.2, -0.15) is 0 Å². The molecule has 0 aromatic carbocycles. The van der Waals surface area contributed by atoms with E-state index < -0.39 is 0 Å². The molecule has 11 heavy (non-hydrogen) atoms. The van der Waals surface area contributed by atoms with Gasteiger partial charge in [-0.25, -0.2) is 0 Å². The molecule has 0 amide bonds. The average molecular weight is 158 g/mol. The van der Waals surface area contributed by atoms with Gasteiger partial charge in [0.25, 0.3) is 0 Å². The van der Waals surface area contributed by atoms with Crippen LogP contribution < -0.4 is 0 Å². The normalized spacial score (nSPS) is 12.3. The van der Waals surface area contributed by atoms with Crippen LogP contribution in [0.25, 0.3) is 0 Å². The van der Waals surface area contributed by atoms with Gasteiger partial charge in [0.2, 0.25) is 0 Å². The van der Waals surface area contributed by atoms with Gasteiger partial charge in [-0.15, -0.1) is 0 Å². The molecule has 0 fully saturated rings. The third-order valence-electron chi connectivity index (χ3n) is 1.56. The zero-order valence-corrected chi connectivity index (χ0v) is 7.22. The van der Waals surface area contributed by atoms with Crippen molar-refractivity contribution >= 4 is 11.8 Å². The minimum atomic E-state index is -0.289. The summed E-state index contributed by atoms with van der Waals surface area (Å²) in [5.74, 6) is -0.512. The molecule has 0 saturated carbocycles. The minimum absolute atomic E-state index is 0.0299. The molecule has 3 nitrogen and oxygen atoms in total. The second-order valence-electron chi connectivity index (χ2n) is 2.53. The van der Waals surface area contributed by atoms with Crippen molar-refractivity contribution in [3.63, 3.8) is 0 Å². The molecule has 0 bridgehead atoms. The summed E-state index contributed by atoms with van der Waals surface area (Å²) >= 11 is 0. The smallest absolute Gasteiger partial charge is 0.309 e. The number of esters is 1. The van der Waals surface area contributed by atoms with Crippen molar-refractivity contribution in [1.29, 1.82) is 0 Å². The number of hydrogen-bond acceptors (Lipinski definition) is 3. The standard InChI is InChI=1S/C8H14O3/c1-4-7(5-6(2)9)8(10)11-3/h7H,4-5H2,1-3H3/t7-/m0/s1. The van der Waals surface area contributed by atoms with Crippen LogP contribution in [0.3, 0.4) is 0 Å². The van der Waals surface area contributed by atoms with Gasteiger partial charge in [-0.05, 0) is 13.3 Å². The maximum absolute atomic E-state index is 10.9. The van der Waals surface area contributed by atoms with Gasteiger partial charge >= 0.3 is 5.97 Å². The fraction of sp³-hybridized carbons (Fsp3) is 0.750. The lowest BCUT2D eigenvalue weighted by molar-refractivity contribution is -0.147. The Morgan fingerprint density at radius 1 is 1.45 bits per heavy atom. The zero-order valence-electron chi connectivity index (χ0n) is 7.22. The molecule has 1 atom stereocenters. The molecule has 3 heteroatoms. The summed E-state index contributed by atoms with van der Waals surface area (Å²) in [6.07, 6.45) is 0.954. The lowest BCUT2D eigenvalue weighted by Crippen LogP contribution is -2.17. The van der Waals surface area contributed by atoms with Crippen molar-refractivity contribution in [2.75, 3.05) is 7.11 Å². The van der Waals surface area contributed by atoms with Gasteiger partial charge in [0.15, 0.2) is 0 Å².